The van der Waals surface area contributed by atoms with Crippen molar-refractivity contribution in [3.8, 4) is 5.75 Å². The van der Waals surface area contributed by atoms with E-state index >= 15 is 0 Å². The van der Waals surface area contributed by atoms with Gasteiger partial charge >= 0.3 is 0 Å². The van der Waals surface area contributed by atoms with Crippen LogP contribution in [0.4, 0.5) is 0 Å². The molecule has 0 unspecified atom stereocenters. The fraction of sp³-hybridized carbons (Fsp3) is 0.417. The molecule has 3 nitrogen and oxygen atoms in total. The van der Waals surface area contributed by atoms with Crippen LogP contribution in [0.2, 0.25) is 5.02 Å². The lowest BCUT2D eigenvalue weighted by atomic mass is 10.2. The number of fused-ring (bicyclic) bond motifs is 1. The second-order valence-corrected chi connectivity index (χ2v) is 4.30. The summed E-state index contributed by atoms with van der Waals surface area (Å²) in [7, 11) is 0. The third-order valence-corrected chi connectivity index (χ3v) is 2.96. The van der Waals surface area contributed by atoms with E-state index in [9.17, 15) is 4.79 Å². The smallest absolute Gasteiger partial charge is 0.263 e. The van der Waals surface area contributed by atoms with E-state index in [1.54, 1.807) is 17.9 Å². The van der Waals surface area contributed by atoms with Crippen molar-refractivity contribution in [2.45, 2.75) is 26.5 Å². The number of likely N-dealkylation sites (N-methyl/N-ethyl adjacent to an activating group) is 1. The van der Waals surface area contributed by atoms with Crippen LogP contribution in [0.1, 0.15) is 19.4 Å². The summed E-state index contributed by atoms with van der Waals surface area (Å²) in [4.78, 5) is 13.7. The first kappa shape index (κ1) is 11.3. The summed E-state index contributed by atoms with van der Waals surface area (Å²) in [6.45, 7) is 4.98. The molecule has 16 heavy (non-hydrogen) atoms. The summed E-state index contributed by atoms with van der Waals surface area (Å²) in [5, 5.41) is 0.667. The minimum atomic E-state index is -0.428. The molecule has 1 heterocycles. The molecule has 0 spiro atoms. The molecule has 0 bridgehead atoms. The summed E-state index contributed by atoms with van der Waals surface area (Å²) in [5.41, 5.74) is 0.965. The molecule has 0 N–H and O–H groups in total. The summed E-state index contributed by atoms with van der Waals surface area (Å²) in [5.74, 6) is 0.774. The van der Waals surface area contributed by atoms with Crippen molar-refractivity contribution < 1.29 is 9.53 Å². The number of benzene rings is 1. The van der Waals surface area contributed by atoms with E-state index in [0.29, 0.717) is 18.1 Å². The van der Waals surface area contributed by atoms with E-state index in [4.69, 9.17) is 16.3 Å². The Morgan fingerprint density at radius 3 is 3.00 bits per heavy atom. The average molecular weight is 240 g/mol. The van der Waals surface area contributed by atoms with Crippen molar-refractivity contribution in [3.63, 3.8) is 0 Å². The van der Waals surface area contributed by atoms with Crippen LogP contribution in [0.3, 0.4) is 0 Å². The van der Waals surface area contributed by atoms with Crippen molar-refractivity contribution in [3.05, 3.63) is 28.8 Å². The molecule has 0 radical (unpaired) electrons. The number of halogens is 1. The Bertz CT molecular complexity index is 419. The van der Waals surface area contributed by atoms with Crippen LogP contribution in [0.15, 0.2) is 18.2 Å². The number of hydrogen-bond acceptors (Lipinski definition) is 2. The number of hydrogen-bond donors (Lipinski definition) is 0. The lowest BCUT2D eigenvalue weighted by Crippen LogP contribution is -2.37. The molecular formula is C12H14ClNO2. The van der Waals surface area contributed by atoms with Crippen molar-refractivity contribution in [2.75, 3.05) is 6.54 Å². The highest BCUT2D eigenvalue weighted by Crippen LogP contribution is 2.28. The lowest BCUT2D eigenvalue weighted by Gasteiger charge is -2.19. The maximum atomic E-state index is 11.9. The van der Waals surface area contributed by atoms with Gasteiger partial charge in [-0.3, -0.25) is 4.79 Å². The van der Waals surface area contributed by atoms with E-state index in [-0.39, 0.29) is 5.91 Å². The van der Waals surface area contributed by atoms with Crippen LogP contribution >= 0.6 is 11.6 Å². The molecule has 86 valence electrons. The zero-order chi connectivity index (χ0) is 11.7. The van der Waals surface area contributed by atoms with Gasteiger partial charge in [-0.1, -0.05) is 11.6 Å². The minimum absolute atomic E-state index is 0.0230. The molecule has 2 rings (SSSR count). The normalized spacial score (nSPS) is 20.1. The van der Waals surface area contributed by atoms with Crippen LogP contribution in [0, 0.1) is 0 Å². The second-order valence-electron chi connectivity index (χ2n) is 3.86. The van der Waals surface area contributed by atoms with Gasteiger partial charge in [0, 0.05) is 23.7 Å². The molecule has 4 heteroatoms. The Labute approximate surface area is 100.0 Å². The third kappa shape index (κ3) is 2.00. The van der Waals surface area contributed by atoms with Gasteiger partial charge in [0.25, 0.3) is 5.91 Å². The lowest BCUT2D eigenvalue weighted by molar-refractivity contribution is -0.137. The molecule has 0 saturated carbocycles. The summed E-state index contributed by atoms with van der Waals surface area (Å²) in [6.07, 6.45) is -0.428. The predicted molar refractivity (Wildman–Crippen MR) is 62.6 cm³/mol. The summed E-state index contributed by atoms with van der Waals surface area (Å²) < 4.78 is 5.61. The minimum Gasteiger partial charge on any atom is -0.481 e. The average Bonchev–Trinajstić information content (AvgIpc) is 2.38. The summed E-state index contributed by atoms with van der Waals surface area (Å²) >= 11 is 5.93. The highest BCUT2D eigenvalue weighted by atomic mass is 35.5. The standard InChI is InChI=1S/C12H14ClNO2/c1-3-14-7-9-6-10(13)4-5-11(9)16-8(2)12(14)15/h4-6,8H,3,7H2,1-2H3/t8-/m1/s1. The van der Waals surface area contributed by atoms with Crippen molar-refractivity contribution in [1.82, 2.24) is 4.90 Å². The first-order valence-corrected chi connectivity index (χ1v) is 5.73. The maximum absolute atomic E-state index is 11.9. The predicted octanol–water partition coefficient (Wildman–Crippen LogP) is 2.47. The highest BCUT2D eigenvalue weighted by Gasteiger charge is 2.26. The Balaban J connectivity index is 2.40. The van der Waals surface area contributed by atoms with E-state index in [2.05, 4.69) is 0 Å². The van der Waals surface area contributed by atoms with Crippen LogP contribution in [-0.4, -0.2) is 23.5 Å². The Hall–Kier alpha value is -1.22. The first-order chi connectivity index (χ1) is 7.61. The molecule has 1 aliphatic rings. The molecule has 1 aromatic carbocycles. The molecule has 1 amide bonds. The largest absolute Gasteiger partial charge is 0.481 e. The topological polar surface area (TPSA) is 29.5 Å². The van der Waals surface area contributed by atoms with E-state index in [1.807, 2.05) is 19.1 Å². The fourth-order valence-corrected chi connectivity index (χ4v) is 2.03. The van der Waals surface area contributed by atoms with Gasteiger partial charge in [-0.2, -0.15) is 0 Å². The van der Waals surface area contributed by atoms with E-state index < -0.39 is 6.10 Å². The summed E-state index contributed by atoms with van der Waals surface area (Å²) in [6, 6.07) is 5.45. The molecule has 0 aromatic heterocycles. The molecular weight excluding hydrogens is 226 g/mol. The van der Waals surface area contributed by atoms with E-state index in [0.717, 1.165) is 11.3 Å². The third-order valence-electron chi connectivity index (χ3n) is 2.73. The molecule has 0 saturated heterocycles. The van der Waals surface area contributed by atoms with Gasteiger partial charge in [0.15, 0.2) is 6.10 Å². The molecule has 1 aromatic rings. The van der Waals surface area contributed by atoms with Gasteiger partial charge in [-0.15, -0.1) is 0 Å². The van der Waals surface area contributed by atoms with Gasteiger partial charge in [0.1, 0.15) is 5.75 Å². The zero-order valence-electron chi connectivity index (χ0n) is 9.37. The van der Waals surface area contributed by atoms with Crippen LogP contribution < -0.4 is 4.74 Å². The van der Waals surface area contributed by atoms with Gasteiger partial charge in [-0.25, -0.2) is 0 Å². The van der Waals surface area contributed by atoms with Crippen LogP contribution in [0.5, 0.6) is 5.75 Å². The number of nitrogens with zero attached hydrogens (tertiary/aromatic N) is 1. The molecule has 0 aliphatic carbocycles. The number of amides is 1. The second kappa shape index (κ2) is 4.34. The number of carbonyl (C=O) groups excluding carboxylic acids is 1. The van der Waals surface area contributed by atoms with E-state index in [1.165, 1.54) is 0 Å². The van der Waals surface area contributed by atoms with Crippen molar-refractivity contribution in [2.24, 2.45) is 0 Å². The first-order valence-electron chi connectivity index (χ1n) is 5.35. The number of carbonyl (C=O) groups is 1. The zero-order valence-corrected chi connectivity index (χ0v) is 10.1. The van der Waals surface area contributed by atoms with Gasteiger partial charge in [0.2, 0.25) is 0 Å². The fourth-order valence-electron chi connectivity index (χ4n) is 1.84. The van der Waals surface area contributed by atoms with Crippen LogP contribution in [0.25, 0.3) is 0 Å². The number of ether oxygens (including phenoxy) is 1. The van der Waals surface area contributed by atoms with Gasteiger partial charge in [-0.05, 0) is 32.0 Å². The quantitative estimate of drug-likeness (QED) is 0.754. The monoisotopic (exact) mass is 239 g/mol. The van der Waals surface area contributed by atoms with Crippen molar-refractivity contribution in [1.29, 1.82) is 0 Å². The highest BCUT2D eigenvalue weighted by molar-refractivity contribution is 6.30. The van der Waals surface area contributed by atoms with Crippen molar-refractivity contribution >= 4 is 17.5 Å². The maximum Gasteiger partial charge on any atom is 0.263 e. The van der Waals surface area contributed by atoms with Gasteiger partial charge in [0.05, 0.1) is 0 Å². The van der Waals surface area contributed by atoms with Crippen LogP contribution in [-0.2, 0) is 11.3 Å². The Kier molecular flexibility index (Phi) is 3.06. The Morgan fingerprint density at radius 1 is 1.56 bits per heavy atom. The molecule has 1 atom stereocenters. The SMILES string of the molecule is CCN1Cc2cc(Cl)ccc2O[C@H](C)C1=O. The molecule has 0 fully saturated rings. The molecule has 1 aliphatic heterocycles. The van der Waals surface area contributed by atoms with Gasteiger partial charge < -0.3 is 9.64 Å². The Morgan fingerprint density at radius 2 is 2.31 bits per heavy atom. The number of rotatable bonds is 1.